The summed E-state index contributed by atoms with van der Waals surface area (Å²) < 4.78 is 5.55. The first kappa shape index (κ1) is 12.8. The quantitative estimate of drug-likeness (QED) is 0.734. The van der Waals surface area contributed by atoms with Crippen molar-refractivity contribution in [2.45, 2.75) is 46.1 Å². The molecule has 1 aromatic rings. The van der Waals surface area contributed by atoms with Gasteiger partial charge in [-0.3, -0.25) is 4.79 Å². The summed E-state index contributed by atoms with van der Waals surface area (Å²) in [5, 5.41) is 0. The Morgan fingerprint density at radius 2 is 1.88 bits per heavy atom. The zero-order chi connectivity index (χ0) is 12.0. The van der Waals surface area contributed by atoms with Crippen molar-refractivity contribution >= 4 is 5.78 Å². The average Bonchev–Trinajstić information content (AvgIpc) is 2.31. The van der Waals surface area contributed by atoms with E-state index in [1.165, 1.54) is 5.56 Å². The molecule has 2 nitrogen and oxygen atoms in total. The summed E-state index contributed by atoms with van der Waals surface area (Å²) >= 11 is 0. The maximum Gasteiger partial charge on any atom is 0.172 e. The Morgan fingerprint density at radius 3 is 2.38 bits per heavy atom. The van der Waals surface area contributed by atoms with Gasteiger partial charge >= 0.3 is 0 Å². The van der Waals surface area contributed by atoms with E-state index >= 15 is 0 Å². The van der Waals surface area contributed by atoms with Gasteiger partial charge in [-0.15, -0.1) is 0 Å². The van der Waals surface area contributed by atoms with Crippen molar-refractivity contribution < 1.29 is 9.53 Å². The van der Waals surface area contributed by atoms with Crippen LogP contribution in [0.4, 0.5) is 0 Å². The zero-order valence-corrected chi connectivity index (χ0v) is 10.3. The van der Waals surface area contributed by atoms with Crippen LogP contribution in [-0.4, -0.2) is 11.9 Å². The smallest absolute Gasteiger partial charge is 0.172 e. The van der Waals surface area contributed by atoms with Crippen LogP contribution >= 0.6 is 0 Å². The van der Waals surface area contributed by atoms with E-state index in [0.29, 0.717) is 6.42 Å². The molecule has 0 radical (unpaired) electrons. The highest BCUT2D eigenvalue weighted by molar-refractivity contribution is 5.82. The molecule has 0 spiro atoms. The lowest BCUT2D eigenvalue weighted by atomic mass is 10.1. The summed E-state index contributed by atoms with van der Waals surface area (Å²) in [4.78, 5) is 11.4. The van der Waals surface area contributed by atoms with Gasteiger partial charge in [-0.1, -0.05) is 32.4 Å². The first-order chi connectivity index (χ1) is 7.67. The van der Waals surface area contributed by atoms with Crippen LogP contribution in [0.1, 0.15) is 39.2 Å². The zero-order valence-electron chi connectivity index (χ0n) is 10.3. The number of hydrogen-bond acceptors (Lipinski definition) is 2. The Bertz CT molecular complexity index is 327. The summed E-state index contributed by atoms with van der Waals surface area (Å²) in [6.45, 7) is 5.81. The normalized spacial score (nSPS) is 12.2. The van der Waals surface area contributed by atoms with Gasteiger partial charge in [0.2, 0.25) is 0 Å². The first-order valence-corrected chi connectivity index (χ1v) is 5.95. The van der Waals surface area contributed by atoms with E-state index in [0.717, 1.165) is 18.6 Å². The SMILES string of the molecule is CCCc1ccc(OC(C)C(=O)CC)cc1. The molecule has 0 fully saturated rings. The fraction of sp³-hybridized carbons (Fsp3) is 0.500. The summed E-state index contributed by atoms with van der Waals surface area (Å²) in [7, 11) is 0. The van der Waals surface area contributed by atoms with Crippen LogP contribution in [0, 0.1) is 0 Å². The molecule has 1 atom stereocenters. The molecule has 0 aromatic heterocycles. The molecule has 0 heterocycles. The number of benzene rings is 1. The number of carbonyl (C=O) groups excluding carboxylic acids is 1. The summed E-state index contributed by atoms with van der Waals surface area (Å²) in [6, 6.07) is 7.98. The van der Waals surface area contributed by atoms with Crippen LogP contribution in [0.15, 0.2) is 24.3 Å². The van der Waals surface area contributed by atoms with Gasteiger partial charge < -0.3 is 4.74 Å². The number of ether oxygens (including phenoxy) is 1. The number of rotatable bonds is 6. The number of aryl methyl sites for hydroxylation is 1. The highest BCUT2D eigenvalue weighted by Crippen LogP contribution is 2.15. The maximum atomic E-state index is 11.4. The molecule has 1 unspecified atom stereocenters. The van der Waals surface area contributed by atoms with Crippen LogP contribution in [0.5, 0.6) is 5.75 Å². The molecule has 0 aliphatic rings. The third-order valence-electron chi connectivity index (χ3n) is 2.58. The minimum atomic E-state index is -0.345. The van der Waals surface area contributed by atoms with Crippen LogP contribution in [0.25, 0.3) is 0 Å². The Labute approximate surface area is 97.6 Å². The predicted octanol–water partition coefficient (Wildman–Crippen LogP) is 3.39. The highest BCUT2D eigenvalue weighted by atomic mass is 16.5. The summed E-state index contributed by atoms with van der Waals surface area (Å²) in [5.74, 6) is 0.909. The molecule has 0 N–H and O–H groups in total. The lowest BCUT2D eigenvalue weighted by Crippen LogP contribution is -2.22. The Morgan fingerprint density at radius 1 is 1.25 bits per heavy atom. The highest BCUT2D eigenvalue weighted by Gasteiger charge is 2.11. The van der Waals surface area contributed by atoms with Gasteiger partial charge in [0.25, 0.3) is 0 Å². The van der Waals surface area contributed by atoms with E-state index in [-0.39, 0.29) is 11.9 Å². The van der Waals surface area contributed by atoms with Crippen LogP contribution in [0.3, 0.4) is 0 Å². The van der Waals surface area contributed by atoms with Gasteiger partial charge in [-0.25, -0.2) is 0 Å². The van der Waals surface area contributed by atoms with Crippen molar-refractivity contribution in [1.29, 1.82) is 0 Å². The molecule has 1 rings (SSSR count). The lowest BCUT2D eigenvalue weighted by molar-refractivity contribution is -0.124. The fourth-order valence-corrected chi connectivity index (χ4v) is 1.58. The van der Waals surface area contributed by atoms with Crippen molar-refractivity contribution in [1.82, 2.24) is 0 Å². The van der Waals surface area contributed by atoms with E-state index in [2.05, 4.69) is 19.1 Å². The molecule has 88 valence electrons. The van der Waals surface area contributed by atoms with Crippen molar-refractivity contribution in [3.05, 3.63) is 29.8 Å². The largest absolute Gasteiger partial charge is 0.483 e. The molecule has 0 aliphatic heterocycles. The van der Waals surface area contributed by atoms with Crippen LogP contribution in [-0.2, 0) is 11.2 Å². The third-order valence-corrected chi connectivity index (χ3v) is 2.58. The number of hydrogen-bond donors (Lipinski definition) is 0. The standard InChI is InChI=1S/C14H20O2/c1-4-6-12-7-9-13(10-8-12)16-11(3)14(15)5-2/h7-11H,4-6H2,1-3H3. The monoisotopic (exact) mass is 220 g/mol. The Balaban J connectivity index is 2.58. The second-order valence-electron chi connectivity index (χ2n) is 3.97. The van der Waals surface area contributed by atoms with Gasteiger partial charge in [0.05, 0.1) is 0 Å². The first-order valence-electron chi connectivity index (χ1n) is 5.95. The summed E-state index contributed by atoms with van der Waals surface area (Å²) in [6.07, 6.45) is 2.41. The molecule has 2 heteroatoms. The van der Waals surface area contributed by atoms with E-state index in [9.17, 15) is 4.79 Å². The molecule has 0 saturated heterocycles. The minimum Gasteiger partial charge on any atom is -0.483 e. The van der Waals surface area contributed by atoms with Crippen LogP contribution in [0.2, 0.25) is 0 Å². The van der Waals surface area contributed by atoms with Gasteiger partial charge in [0.1, 0.15) is 5.75 Å². The van der Waals surface area contributed by atoms with Gasteiger partial charge in [-0.2, -0.15) is 0 Å². The molecule has 0 saturated carbocycles. The van der Waals surface area contributed by atoms with Crippen molar-refractivity contribution in [3.8, 4) is 5.75 Å². The van der Waals surface area contributed by atoms with E-state index in [1.54, 1.807) is 6.92 Å². The second kappa shape index (κ2) is 6.31. The van der Waals surface area contributed by atoms with Crippen molar-refractivity contribution in [2.75, 3.05) is 0 Å². The topological polar surface area (TPSA) is 26.3 Å². The molecule has 0 amide bonds. The molecular formula is C14H20O2. The average molecular weight is 220 g/mol. The summed E-state index contributed by atoms with van der Waals surface area (Å²) in [5.41, 5.74) is 1.31. The fourth-order valence-electron chi connectivity index (χ4n) is 1.58. The Kier molecular flexibility index (Phi) is 5.03. The van der Waals surface area contributed by atoms with Crippen molar-refractivity contribution in [3.63, 3.8) is 0 Å². The minimum absolute atomic E-state index is 0.137. The molecule has 1 aromatic carbocycles. The maximum absolute atomic E-state index is 11.4. The van der Waals surface area contributed by atoms with E-state index < -0.39 is 0 Å². The third kappa shape index (κ3) is 3.69. The molecule has 16 heavy (non-hydrogen) atoms. The van der Waals surface area contributed by atoms with Gasteiger partial charge in [0, 0.05) is 6.42 Å². The number of ketones is 1. The van der Waals surface area contributed by atoms with Crippen LogP contribution < -0.4 is 4.74 Å². The molecule has 0 bridgehead atoms. The van der Waals surface area contributed by atoms with Crippen molar-refractivity contribution in [2.24, 2.45) is 0 Å². The van der Waals surface area contributed by atoms with Gasteiger partial charge in [0.15, 0.2) is 11.9 Å². The number of Topliss-reactive ketones (excluding diaryl/α,β-unsaturated/α-hetero) is 1. The Hall–Kier alpha value is -1.31. The van der Waals surface area contributed by atoms with Gasteiger partial charge in [-0.05, 0) is 31.0 Å². The van der Waals surface area contributed by atoms with E-state index in [1.807, 2.05) is 19.1 Å². The number of carbonyl (C=O) groups is 1. The van der Waals surface area contributed by atoms with E-state index in [4.69, 9.17) is 4.74 Å². The predicted molar refractivity (Wildman–Crippen MR) is 65.8 cm³/mol. The lowest BCUT2D eigenvalue weighted by Gasteiger charge is -2.12. The molecular weight excluding hydrogens is 200 g/mol. The second-order valence-corrected chi connectivity index (χ2v) is 3.97. The molecule has 0 aliphatic carbocycles.